The Hall–Kier alpha value is -0.330. The molecule has 0 bridgehead atoms. The van der Waals surface area contributed by atoms with Crippen molar-refractivity contribution in [3.63, 3.8) is 0 Å². The van der Waals surface area contributed by atoms with Gasteiger partial charge in [-0.1, -0.05) is 32.1 Å². The van der Waals surface area contributed by atoms with Crippen LogP contribution in [-0.2, 0) is 4.79 Å². The van der Waals surface area contributed by atoms with E-state index in [2.05, 4.69) is 5.32 Å². The molecular weight excluding hydrogens is 309 g/mol. The van der Waals surface area contributed by atoms with Crippen LogP contribution in [0.1, 0.15) is 38.5 Å². The number of nitrogens with one attached hydrogen (secondary N) is 1. The van der Waals surface area contributed by atoms with Crippen molar-refractivity contribution < 1.29 is 14.7 Å². The van der Waals surface area contributed by atoms with Gasteiger partial charge in [0.15, 0.2) is 5.78 Å². The first-order valence-corrected chi connectivity index (χ1v) is 6.50. The Balaban J connectivity index is 2.30. The van der Waals surface area contributed by atoms with Crippen molar-refractivity contribution in [3.05, 3.63) is 0 Å². The summed E-state index contributed by atoms with van der Waals surface area (Å²) < 4.78 is -0.595. The molecule has 0 heterocycles. The maximum atomic E-state index is 11.6. The molecule has 1 aliphatic carbocycles. The first-order chi connectivity index (χ1) is 7.09. The summed E-state index contributed by atoms with van der Waals surface area (Å²) >= 11 is 1.84. The lowest BCUT2D eigenvalue weighted by atomic mass is 9.86. The predicted octanol–water partition coefficient (Wildman–Crippen LogP) is 2.55. The molecule has 0 radical (unpaired) electrons. The van der Waals surface area contributed by atoms with E-state index in [1.165, 1.54) is 19.3 Å². The zero-order valence-corrected chi connectivity index (χ0v) is 10.7. The maximum Gasteiger partial charge on any atom is 0.405 e. The molecule has 4 nitrogen and oxygen atoms in total. The number of halogens is 1. The van der Waals surface area contributed by atoms with Gasteiger partial charge in [0, 0.05) is 6.42 Å². The van der Waals surface area contributed by atoms with E-state index in [0.717, 1.165) is 12.8 Å². The second-order valence-corrected chi connectivity index (χ2v) is 5.23. The molecule has 1 fully saturated rings. The molecular formula is C10H16INO3. The van der Waals surface area contributed by atoms with Crippen molar-refractivity contribution in [3.8, 4) is 0 Å². The third-order valence-electron chi connectivity index (χ3n) is 2.75. The fourth-order valence-electron chi connectivity index (χ4n) is 1.97. The Labute approximate surface area is 103 Å². The van der Waals surface area contributed by atoms with E-state index in [9.17, 15) is 9.59 Å². The van der Waals surface area contributed by atoms with Gasteiger partial charge in [-0.2, -0.15) is 0 Å². The number of carbonyl (C=O) groups is 2. The fourth-order valence-corrected chi connectivity index (χ4v) is 2.49. The highest BCUT2D eigenvalue weighted by Gasteiger charge is 2.22. The van der Waals surface area contributed by atoms with Gasteiger partial charge < -0.3 is 10.4 Å². The number of carboxylic acid groups (broad SMARTS) is 1. The third-order valence-corrected chi connectivity index (χ3v) is 3.75. The van der Waals surface area contributed by atoms with E-state index >= 15 is 0 Å². The first kappa shape index (κ1) is 12.7. The highest BCUT2D eigenvalue weighted by molar-refractivity contribution is 14.1. The molecule has 0 aromatic heterocycles. The zero-order valence-electron chi connectivity index (χ0n) is 8.54. The summed E-state index contributed by atoms with van der Waals surface area (Å²) in [7, 11) is 0. The molecule has 1 amide bonds. The minimum atomic E-state index is -1.13. The highest BCUT2D eigenvalue weighted by Crippen LogP contribution is 2.27. The van der Waals surface area contributed by atoms with Crippen LogP contribution in [0.2, 0.25) is 0 Å². The van der Waals surface area contributed by atoms with Crippen LogP contribution in [0.3, 0.4) is 0 Å². The Morgan fingerprint density at radius 3 is 2.47 bits per heavy atom. The van der Waals surface area contributed by atoms with Crippen molar-refractivity contribution in [1.29, 1.82) is 0 Å². The topological polar surface area (TPSA) is 66.4 Å². The SMILES string of the molecule is O=C(O)NC(I)C(=O)CC1CCCCC1. The number of rotatable bonds is 4. The van der Waals surface area contributed by atoms with Gasteiger partial charge in [-0.3, -0.25) is 4.79 Å². The van der Waals surface area contributed by atoms with Crippen LogP contribution < -0.4 is 5.32 Å². The smallest absolute Gasteiger partial charge is 0.405 e. The van der Waals surface area contributed by atoms with E-state index in [4.69, 9.17) is 5.11 Å². The van der Waals surface area contributed by atoms with E-state index < -0.39 is 10.1 Å². The summed E-state index contributed by atoms with van der Waals surface area (Å²) in [6, 6.07) is 0. The number of hydrogen-bond acceptors (Lipinski definition) is 2. The quantitative estimate of drug-likeness (QED) is 0.474. The van der Waals surface area contributed by atoms with E-state index in [1.54, 1.807) is 0 Å². The minimum Gasteiger partial charge on any atom is -0.465 e. The molecule has 1 rings (SSSR count). The van der Waals surface area contributed by atoms with Crippen molar-refractivity contribution in [2.45, 2.75) is 42.6 Å². The van der Waals surface area contributed by atoms with Crippen LogP contribution in [0.5, 0.6) is 0 Å². The average molecular weight is 325 g/mol. The van der Waals surface area contributed by atoms with Gasteiger partial charge in [0.2, 0.25) is 0 Å². The Bertz CT molecular complexity index is 239. The molecule has 1 saturated carbocycles. The lowest BCUT2D eigenvalue weighted by Crippen LogP contribution is -2.36. The van der Waals surface area contributed by atoms with Crippen LogP contribution in [0.4, 0.5) is 4.79 Å². The normalized spacial score (nSPS) is 19.5. The second kappa shape index (κ2) is 6.30. The molecule has 0 spiro atoms. The highest BCUT2D eigenvalue weighted by atomic mass is 127. The predicted molar refractivity (Wildman–Crippen MR) is 65.2 cm³/mol. The van der Waals surface area contributed by atoms with Crippen LogP contribution in [0, 0.1) is 5.92 Å². The molecule has 0 saturated heterocycles. The molecule has 1 atom stereocenters. The molecule has 0 aromatic carbocycles. The largest absolute Gasteiger partial charge is 0.465 e. The molecule has 0 aromatic rings. The summed E-state index contributed by atoms with van der Waals surface area (Å²) in [6.45, 7) is 0. The molecule has 5 heteroatoms. The Kier molecular flexibility index (Phi) is 5.35. The van der Waals surface area contributed by atoms with Crippen molar-refractivity contribution >= 4 is 34.5 Å². The molecule has 1 aliphatic rings. The van der Waals surface area contributed by atoms with Gasteiger partial charge in [-0.25, -0.2) is 4.79 Å². The maximum absolute atomic E-state index is 11.6. The summed E-state index contributed by atoms with van der Waals surface area (Å²) in [6.07, 6.45) is 5.29. The number of Topliss-reactive ketones (excluding diaryl/α,β-unsaturated/α-hetero) is 1. The van der Waals surface area contributed by atoms with Gasteiger partial charge in [-0.15, -0.1) is 0 Å². The summed E-state index contributed by atoms with van der Waals surface area (Å²) in [5, 5.41) is 10.7. The van der Waals surface area contributed by atoms with Crippen molar-refractivity contribution in [2.24, 2.45) is 5.92 Å². The van der Waals surface area contributed by atoms with E-state index in [0.29, 0.717) is 12.3 Å². The molecule has 0 aliphatic heterocycles. The molecule has 86 valence electrons. The third kappa shape index (κ3) is 4.81. The lowest BCUT2D eigenvalue weighted by Gasteiger charge is -2.21. The number of amides is 1. The summed E-state index contributed by atoms with van der Waals surface area (Å²) in [5.41, 5.74) is 0. The standard InChI is InChI=1S/C10H16INO3/c11-9(12-10(14)15)8(13)6-7-4-2-1-3-5-7/h7,9,12H,1-6H2,(H,14,15). The summed E-state index contributed by atoms with van der Waals surface area (Å²) in [5.74, 6) is 0.476. The van der Waals surface area contributed by atoms with Crippen LogP contribution >= 0.6 is 22.6 Å². The summed E-state index contributed by atoms with van der Waals surface area (Å²) in [4.78, 5) is 22.0. The van der Waals surface area contributed by atoms with Crippen molar-refractivity contribution in [1.82, 2.24) is 5.32 Å². The van der Waals surface area contributed by atoms with Gasteiger partial charge in [0.25, 0.3) is 0 Å². The van der Waals surface area contributed by atoms with Gasteiger partial charge in [0.1, 0.15) is 4.05 Å². The fraction of sp³-hybridized carbons (Fsp3) is 0.800. The van der Waals surface area contributed by atoms with Crippen LogP contribution in [0.15, 0.2) is 0 Å². The van der Waals surface area contributed by atoms with Gasteiger partial charge >= 0.3 is 6.09 Å². The Morgan fingerprint density at radius 2 is 1.93 bits per heavy atom. The zero-order chi connectivity index (χ0) is 11.3. The number of hydrogen-bond donors (Lipinski definition) is 2. The molecule has 15 heavy (non-hydrogen) atoms. The lowest BCUT2D eigenvalue weighted by molar-refractivity contribution is -0.119. The average Bonchev–Trinajstić information content (AvgIpc) is 2.18. The minimum absolute atomic E-state index is 0.00454. The van der Waals surface area contributed by atoms with Crippen LogP contribution in [0.25, 0.3) is 0 Å². The van der Waals surface area contributed by atoms with Gasteiger partial charge in [0.05, 0.1) is 0 Å². The van der Waals surface area contributed by atoms with Crippen molar-refractivity contribution in [2.75, 3.05) is 0 Å². The number of alkyl halides is 1. The van der Waals surface area contributed by atoms with E-state index in [-0.39, 0.29) is 5.78 Å². The Morgan fingerprint density at radius 1 is 1.33 bits per heavy atom. The van der Waals surface area contributed by atoms with E-state index in [1.807, 2.05) is 22.6 Å². The van der Waals surface area contributed by atoms with Crippen LogP contribution in [-0.4, -0.2) is 21.0 Å². The molecule has 1 unspecified atom stereocenters. The number of carbonyl (C=O) groups excluding carboxylic acids is 1. The van der Waals surface area contributed by atoms with Gasteiger partial charge in [-0.05, 0) is 28.5 Å². The number of ketones is 1. The monoisotopic (exact) mass is 325 g/mol. The first-order valence-electron chi connectivity index (χ1n) is 5.26. The second-order valence-electron chi connectivity index (χ2n) is 3.99. The molecule has 2 N–H and O–H groups in total.